The number of benzene rings is 1. The number of pyridine rings is 1. The van der Waals surface area contributed by atoms with Crippen LogP contribution in [0.1, 0.15) is 17.1 Å². The molecule has 0 aliphatic carbocycles. The van der Waals surface area contributed by atoms with Gasteiger partial charge >= 0.3 is 0 Å². The zero-order chi connectivity index (χ0) is 17.2. The van der Waals surface area contributed by atoms with E-state index in [1.807, 2.05) is 36.4 Å². The Morgan fingerprint density at radius 2 is 2.20 bits per heavy atom. The van der Waals surface area contributed by atoms with Crippen LogP contribution in [0.15, 0.2) is 47.4 Å². The lowest BCUT2D eigenvalue weighted by molar-refractivity contribution is 0.152. The molecule has 124 valence electrons. The third-order valence-corrected chi connectivity index (χ3v) is 4.35. The monoisotopic (exact) mass is 331 g/mol. The van der Waals surface area contributed by atoms with Gasteiger partial charge in [0, 0.05) is 37.8 Å². The van der Waals surface area contributed by atoms with Crippen molar-refractivity contribution < 1.29 is 4.74 Å². The topological polar surface area (TPSA) is 57.0 Å². The highest BCUT2D eigenvalue weighted by molar-refractivity contribution is 5.79. The van der Waals surface area contributed by atoms with Crippen molar-refractivity contribution in [1.29, 1.82) is 0 Å². The maximum absolute atomic E-state index is 12.7. The zero-order valence-corrected chi connectivity index (χ0v) is 13.9. The second-order valence-electron chi connectivity index (χ2n) is 6.17. The molecule has 0 amide bonds. The van der Waals surface area contributed by atoms with Crippen molar-refractivity contribution in [1.82, 2.24) is 14.5 Å². The Morgan fingerprint density at radius 3 is 3.00 bits per heavy atom. The average Bonchev–Trinajstić information content (AvgIpc) is 3.04. The van der Waals surface area contributed by atoms with Gasteiger partial charge in [-0.15, -0.1) is 0 Å². The molecule has 0 N–H and O–H groups in total. The average molecular weight is 331 g/mol. The fourth-order valence-corrected chi connectivity index (χ4v) is 3.19. The summed E-state index contributed by atoms with van der Waals surface area (Å²) >= 11 is 0. The Kier molecular flexibility index (Phi) is 4.04. The van der Waals surface area contributed by atoms with E-state index in [-0.39, 0.29) is 5.56 Å². The van der Waals surface area contributed by atoms with E-state index in [9.17, 15) is 4.79 Å². The number of methoxy groups -OCH3 is 1. The van der Waals surface area contributed by atoms with Crippen molar-refractivity contribution in [2.75, 3.05) is 13.7 Å². The van der Waals surface area contributed by atoms with Crippen molar-refractivity contribution >= 4 is 10.9 Å². The second-order valence-corrected chi connectivity index (χ2v) is 6.17. The molecule has 4 rings (SSSR count). The molecule has 5 heteroatoms. The molecule has 1 unspecified atom stereocenters. The standard InChI is InChI=1S/C20H17N3O2/c1-25-13-15-11-19-22-18-10-14(5-7-16-4-2-3-9-21-16)6-8-17(18)20(24)23(19)12-15/h2-4,6,8-10,15H,11-13H2,1H3. The smallest absolute Gasteiger partial charge is 0.261 e. The lowest BCUT2D eigenvalue weighted by atomic mass is 10.1. The molecule has 1 aromatic carbocycles. The van der Waals surface area contributed by atoms with Gasteiger partial charge in [-0.25, -0.2) is 9.97 Å². The number of hydrogen-bond acceptors (Lipinski definition) is 4. The Labute approximate surface area is 145 Å². The number of rotatable bonds is 2. The first-order valence-corrected chi connectivity index (χ1v) is 8.20. The number of fused-ring (bicyclic) bond motifs is 2. The molecule has 0 saturated carbocycles. The third kappa shape index (κ3) is 3.04. The van der Waals surface area contributed by atoms with E-state index in [0.717, 1.165) is 17.8 Å². The van der Waals surface area contributed by atoms with E-state index in [1.54, 1.807) is 17.9 Å². The maximum atomic E-state index is 12.7. The fourth-order valence-electron chi connectivity index (χ4n) is 3.19. The van der Waals surface area contributed by atoms with Crippen molar-refractivity contribution in [2.24, 2.45) is 5.92 Å². The van der Waals surface area contributed by atoms with Gasteiger partial charge in [0.2, 0.25) is 0 Å². The molecule has 2 aromatic heterocycles. The van der Waals surface area contributed by atoms with Crippen LogP contribution in [0.5, 0.6) is 0 Å². The molecular weight excluding hydrogens is 314 g/mol. The summed E-state index contributed by atoms with van der Waals surface area (Å²) < 4.78 is 6.99. The van der Waals surface area contributed by atoms with Crippen LogP contribution in [0, 0.1) is 17.8 Å². The second kappa shape index (κ2) is 6.50. The summed E-state index contributed by atoms with van der Waals surface area (Å²) in [5.41, 5.74) is 2.25. The first kappa shape index (κ1) is 15.6. The molecule has 1 aliphatic rings. The van der Waals surface area contributed by atoms with Gasteiger partial charge in [-0.3, -0.25) is 9.36 Å². The quantitative estimate of drug-likeness (QED) is 0.674. The molecule has 0 spiro atoms. The molecule has 3 aromatic rings. The van der Waals surface area contributed by atoms with Crippen LogP contribution in [0.2, 0.25) is 0 Å². The molecule has 25 heavy (non-hydrogen) atoms. The van der Waals surface area contributed by atoms with Gasteiger partial charge in [0.15, 0.2) is 0 Å². The minimum absolute atomic E-state index is 0.0165. The van der Waals surface area contributed by atoms with Crippen LogP contribution >= 0.6 is 0 Å². The Hall–Kier alpha value is -2.97. The molecule has 3 heterocycles. The van der Waals surface area contributed by atoms with Gasteiger partial charge in [0.05, 0.1) is 17.5 Å². The van der Waals surface area contributed by atoms with Crippen LogP contribution in [0.25, 0.3) is 10.9 Å². The number of aromatic nitrogens is 3. The summed E-state index contributed by atoms with van der Waals surface area (Å²) in [6.07, 6.45) is 2.48. The van der Waals surface area contributed by atoms with Crippen LogP contribution in [-0.2, 0) is 17.7 Å². The largest absolute Gasteiger partial charge is 0.384 e. The predicted molar refractivity (Wildman–Crippen MR) is 95.3 cm³/mol. The van der Waals surface area contributed by atoms with E-state index in [4.69, 9.17) is 4.74 Å². The third-order valence-electron chi connectivity index (χ3n) is 4.35. The van der Waals surface area contributed by atoms with Crippen LogP contribution in [-0.4, -0.2) is 28.3 Å². The lowest BCUT2D eigenvalue weighted by Gasteiger charge is -2.06. The summed E-state index contributed by atoms with van der Waals surface area (Å²) in [4.78, 5) is 21.6. The highest BCUT2D eigenvalue weighted by Gasteiger charge is 2.24. The van der Waals surface area contributed by atoms with E-state index in [1.165, 1.54) is 0 Å². The first-order chi connectivity index (χ1) is 12.2. The molecule has 1 atom stereocenters. The zero-order valence-electron chi connectivity index (χ0n) is 13.9. The minimum Gasteiger partial charge on any atom is -0.384 e. The molecule has 0 radical (unpaired) electrons. The summed E-state index contributed by atoms with van der Waals surface area (Å²) in [6.45, 7) is 1.31. The molecule has 0 fully saturated rings. The van der Waals surface area contributed by atoms with Gasteiger partial charge in [0.25, 0.3) is 5.56 Å². The van der Waals surface area contributed by atoms with Gasteiger partial charge in [0.1, 0.15) is 11.5 Å². The molecule has 5 nitrogen and oxygen atoms in total. The van der Waals surface area contributed by atoms with Gasteiger partial charge in [-0.2, -0.15) is 0 Å². The Balaban J connectivity index is 1.72. The van der Waals surface area contributed by atoms with Crippen molar-refractivity contribution in [3.63, 3.8) is 0 Å². The number of hydrogen-bond donors (Lipinski definition) is 0. The summed E-state index contributed by atoms with van der Waals surface area (Å²) in [5.74, 6) is 7.25. The molecular formula is C20H17N3O2. The van der Waals surface area contributed by atoms with Crippen LogP contribution in [0.3, 0.4) is 0 Å². The van der Waals surface area contributed by atoms with Crippen molar-refractivity contribution in [2.45, 2.75) is 13.0 Å². The van der Waals surface area contributed by atoms with Gasteiger partial charge in [-0.1, -0.05) is 12.0 Å². The summed E-state index contributed by atoms with van der Waals surface area (Å²) in [5, 5.41) is 0.630. The molecule has 0 bridgehead atoms. The van der Waals surface area contributed by atoms with Gasteiger partial charge in [-0.05, 0) is 36.3 Å². The van der Waals surface area contributed by atoms with Gasteiger partial charge < -0.3 is 4.74 Å². The van der Waals surface area contributed by atoms with E-state index in [2.05, 4.69) is 21.8 Å². The minimum atomic E-state index is 0.0165. The van der Waals surface area contributed by atoms with E-state index < -0.39 is 0 Å². The Bertz CT molecular complexity index is 1050. The summed E-state index contributed by atoms with van der Waals surface area (Å²) in [6, 6.07) is 11.2. The number of nitrogens with zero attached hydrogens (tertiary/aromatic N) is 3. The molecule has 0 saturated heterocycles. The van der Waals surface area contributed by atoms with Crippen molar-refractivity contribution in [3.05, 3.63) is 70.0 Å². The lowest BCUT2D eigenvalue weighted by Crippen LogP contribution is -2.22. The van der Waals surface area contributed by atoms with E-state index >= 15 is 0 Å². The fraction of sp³-hybridized carbons (Fsp3) is 0.250. The highest BCUT2D eigenvalue weighted by Crippen LogP contribution is 2.20. The number of ether oxygens (including phenoxy) is 1. The normalized spacial score (nSPS) is 15.6. The van der Waals surface area contributed by atoms with Crippen LogP contribution < -0.4 is 5.56 Å². The van der Waals surface area contributed by atoms with Crippen molar-refractivity contribution in [3.8, 4) is 11.8 Å². The maximum Gasteiger partial charge on any atom is 0.261 e. The Morgan fingerprint density at radius 1 is 1.28 bits per heavy atom. The summed E-state index contributed by atoms with van der Waals surface area (Å²) in [7, 11) is 1.68. The SMILES string of the molecule is COCC1Cc2nc3cc(C#Cc4ccccn4)ccc3c(=O)n2C1. The predicted octanol–water partition coefficient (Wildman–Crippen LogP) is 2.01. The first-order valence-electron chi connectivity index (χ1n) is 8.20. The highest BCUT2D eigenvalue weighted by atomic mass is 16.5. The van der Waals surface area contributed by atoms with E-state index in [0.29, 0.717) is 35.7 Å². The molecule has 1 aliphatic heterocycles. The van der Waals surface area contributed by atoms with Crippen LogP contribution in [0.4, 0.5) is 0 Å².